The van der Waals surface area contributed by atoms with E-state index in [1.807, 2.05) is 38.1 Å². The highest BCUT2D eigenvalue weighted by Gasteiger charge is 2.44. The van der Waals surface area contributed by atoms with Crippen molar-refractivity contribution in [1.29, 1.82) is 0 Å². The second kappa shape index (κ2) is 14.0. The van der Waals surface area contributed by atoms with E-state index in [-0.39, 0.29) is 51.0 Å². The SMILES string of the molecule is Cc1ncsc1-c1ccc(C(C)NC(=O)C2CC(O)CN2C(=O)C(NC(=O)CCOCCC(=O)O)C(C)(C)C)cc1. The number of nitrogens with zero attached hydrogens (tertiary/aromatic N) is 2. The first kappa shape index (κ1) is 32.2. The first-order chi connectivity index (χ1) is 19.3. The van der Waals surface area contributed by atoms with Gasteiger partial charge in [-0.2, -0.15) is 0 Å². The second-order valence-corrected chi connectivity index (χ2v) is 12.2. The number of thiazole rings is 1. The van der Waals surface area contributed by atoms with Crippen LogP contribution in [0.1, 0.15) is 64.3 Å². The predicted molar refractivity (Wildman–Crippen MR) is 154 cm³/mol. The van der Waals surface area contributed by atoms with E-state index in [9.17, 15) is 24.3 Å². The number of nitrogens with one attached hydrogen (secondary N) is 2. The van der Waals surface area contributed by atoms with Gasteiger partial charge in [-0.3, -0.25) is 19.2 Å². The van der Waals surface area contributed by atoms with Crippen molar-refractivity contribution in [3.05, 3.63) is 41.0 Å². The summed E-state index contributed by atoms with van der Waals surface area (Å²) in [6.07, 6.45) is -0.992. The van der Waals surface area contributed by atoms with Crippen LogP contribution in [-0.2, 0) is 23.9 Å². The lowest BCUT2D eigenvalue weighted by Gasteiger charge is -2.35. The molecule has 1 fully saturated rings. The van der Waals surface area contributed by atoms with E-state index in [1.54, 1.807) is 37.6 Å². The smallest absolute Gasteiger partial charge is 0.305 e. The monoisotopic (exact) mass is 588 g/mol. The van der Waals surface area contributed by atoms with Crippen molar-refractivity contribution in [1.82, 2.24) is 20.5 Å². The highest BCUT2D eigenvalue weighted by molar-refractivity contribution is 7.13. The molecule has 1 aromatic heterocycles. The van der Waals surface area contributed by atoms with E-state index in [1.165, 1.54) is 4.90 Å². The number of benzene rings is 1. The predicted octanol–water partition coefficient (Wildman–Crippen LogP) is 2.67. The lowest BCUT2D eigenvalue weighted by Crippen LogP contribution is -2.58. The number of carboxylic acids is 1. The van der Waals surface area contributed by atoms with Crippen LogP contribution >= 0.6 is 11.3 Å². The number of aliphatic hydroxyl groups is 1. The summed E-state index contributed by atoms with van der Waals surface area (Å²) in [6.45, 7) is 9.22. The Morgan fingerprint density at radius 3 is 2.37 bits per heavy atom. The highest BCUT2D eigenvalue weighted by atomic mass is 32.1. The summed E-state index contributed by atoms with van der Waals surface area (Å²) in [6, 6.07) is 5.69. The Balaban J connectivity index is 1.64. The molecule has 3 amide bonds. The second-order valence-electron chi connectivity index (χ2n) is 11.4. The van der Waals surface area contributed by atoms with Crippen molar-refractivity contribution in [2.24, 2.45) is 5.41 Å². The summed E-state index contributed by atoms with van der Waals surface area (Å²) in [5.41, 5.74) is 4.02. The van der Waals surface area contributed by atoms with Gasteiger partial charge in [-0.25, -0.2) is 4.98 Å². The van der Waals surface area contributed by atoms with Crippen LogP contribution in [0.3, 0.4) is 0 Å². The number of carbonyl (C=O) groups is 4. The van der Waals surface area contributed by atoms with E-state index in [4.69, 9.17) is 9.84 Å². The number of hydrogen-bond donors (Lipinski definition) is 4. The Morgan fingerprint density at radius 1 is 1.12 bits per heavy atom. The molecule has 0 aliphatic carbocycles. The molecule has 1 saturated heterocycles. The Kier molecular flexibility index (Phi) is 11.0. The van der Waals surface area contributed by atoms with Gasteiger partial charge in [-0.1, -0.05) is 45.0 Å². The number of β-amino-alcohol motifs (C(OH)–C–C–N with tert-alkyl or cyclic N) is 1. The lowest BCUT2D eigenvalue weighted by atomic mass is 9.85. The zero-order valence-electron chi connectivity index (χ0n) is 24.2. The van der Waals surface area contributed by atoms with E-state index >= 15 is 0 Å². The van der Waals surface area contributed by atoms with Gasteiger partial charge < -0.3 is 30.5 Å². The minimum absolute atomic E-state index is 0.0128. The third kappa shape index (κ3) is 8.82. The molecule has 0 radical (unpaired) electrons. The topological polar surface area (TPSA) is 158 Å². The molecule has 41 heavy (non-hydrogen) atoms. The number of aliphatic hydroxyl groups excluding tert-OH is 1. The quantitative estimate of drug-likeness (QED) is 0.276. The van der Waals surface area contributed by atoms with Crippen molar-refractivity contribution in [3.8, 4) is 10.4 Å². The fourth-order valence-electron chi connectivity index (χ4n) is 4.68. The summed E-state index contributed by atoms with van der Waals surface area (Å²) < 4.78 is 5.18. The van der Waals surface area contributed by atoms with E-state index in [0.29, 0.717) is 0 Å². The molecule has 224 valence electrons. The molecule has 0 saturated carbocycles. The normalized spacial score (nSPS) is 18.5. The molecule has 1 aliphatic heterocycles. The van der Waals surface area contributed by atoms with Gasteiger partial charge in [0, 0.05) is 19.4 Å². The van der Waals surface area contributed by atoms with Crippen molar-refractivity contribution in [3.63, 3.8) is 0 Å². The Bertz CT molecular complexity index is 1220. The number of carboxylic acid groups (broad SMARTS) is 1. The van der Waals surface area contributed by atoms with E-state index in [2.05, 4.69) is 15.6 Å². The molecule has 11 nitrogen and oxygen atoms in total. The number of aliphatic carboxylic acids is 1. The van der Waals surface area contributed by atoms with Crippen molar-refractivity contribution in [2.75, 3.05) is 19.8 Å². The van der Waals surface area contributed by atoms with Gasteiger partial charge in [0.25, 0.3) is 0 Å². The first-order valence-electron chi connectivity index (χ1n) is 13.7. The number of ether oxygens (including phenoxy) is 1. The Hall–Kier alpha value is -3.35. The van der Waals surface area contributed by atoms with Gasteiger partial charge in [0.15, 0.2) is 0 Å². The maximum Gasteiger partial charge on any atom is 0.305 e. The molecule has 4 atom stereocenters. The first-order valence-corrected chi connectivity index (χ1v) is 14.5. The minimum atomic E-state index is -0.992. The summed E-state index contributed by atoms with van der Waals surface area (Å²) in [7, 11) is 0. The van der Waals surface area contributed by atoms with Gasteiger partial charge in [0.05, 0.1) is 47.9 Å². The van der Waals surface area contributed by atoms with Crippen LogP contribution < -0.4 is 10.6 Å². The van der Waals surface area contributed by atoms with Crippen LogP contribution in [0.25, 0.3) is 10.4 Å². The maximum atomic E-state index is 13.7. The van der Waals surface area contributed by atoms with Crippen LogP contribution in [-0.4, -0.2) is 81.7 Å². The van der Waals surface area contributed by atoms with Crippen LogP contribution in [0.4, 0.5) is 0 Å². The molecule has 3 rings (SSSR count). The molecule has 2 aromatic rings. The fraction of sp³-hybridized carbons (Fsp3) is 0.552. The van der Waals surface area contributed by atoms with Crippen molar-refractivity contribution in [2.45, 2.75) is 78.1 Å². The van der Waals surface area contributed by atoms with E-state index < -0.39 is 41.4 Å². The molecule has 2 heterocycles. The van der Waals surface area contributed by atoms with Gasteiger partial charge in [0.1, 0.15) is 12.1 Å². The molecular weight excluding hydrogens is 548 g/mol. The maximum absolute atomic E-state index is 13.7. The van der Waals surface area contributed by atoms with Gasteiger partial charge >= 0.3 is 5.97 Å². The van der Waals surface area contributed by atoms with Crippen molar-refractivity contribution < 1.29 is 34.1 Å². The average Bonchev–Trinajstić information content (AvgIpc) is 3.51. The number of aryl methyl sites for hydroxylation is 1. The van der Waals surface area contributed by atoms with Crippen LogP contribution in [0, 0.1) is 12.3 Å². The lowest BCUT2D eigenvalue weighted by molar-refractivity contribution is -0.144. The number of carbonyl (C=O) groups excluding carboxylic acids is 3. The van der Waals surface area contributed by atoms with Crippen molar-refractivity contribution >= 4 is 35.0 Å². The number of hydrogen-bond acceptors (Lipinski definition) is 8. The standard InChI is InChI=1S/C29H40N4O7S/c1-17(19-6-8-20(9-7-19)25-18(2)30-16-41-25)31-27(38)22-14-21(34)15-33(22)28(39)26(29(3,4)5)32-23(35)10-12-40-13-11-24(36)37/h6-9,16-17,21-22,26,34H,10-15H2,1-5H3,(H,31,38)(H,32,35)(H,36,37). The molecule has 0 spiro atoms. The van der Waals surface area contributed by atoms with Gasteiger partial charge in [-0.05, 0) is 30.4 Å². The van der Waals surface area contributed by atoms with Crippen LogP contribution in [0.2, 0.25) is 0 Å². The number of likely N-dealkylation sites (tertiary alicyclic amines) is 1. The Morgan fingerprint density at radius 2 is 1.78 bits per heavy atom. The Labute approximate surface area is 244 Å². The van der Waals surface area contributed by atoms with E-state index in [0.717, 1.165) is 21.7 Å². The fourth-order valence-corrected chi connectivity index (χ4v) is 5.49. The summed E-state index contributed by atoms with van der Waals surface area (Å²) in [5, 5.41) is 24.8. The zero-order chi connectivity index (χ0) is 30.3. The third-order valence-corrected chi connectivity index (χ3v) is 7.97. The summed E-state index contributed by atoms with van der Waals surface area (Å²) >= 11 is 1.57. The largest absolute Gasteiger partial charge is 0.481 e. The molecule has 12 heteroatoms. The zero-order valence-corrected chi connectivity index (χ0v) is 25.0. The summed E-state index contributed by atoms with van der Waals surface area (Å²) in [5.74, 6) is -2.25. The van der Waals surface area contributed by atoms with Gasteiger partial charge in [0.2, 0.25) is 17.7 Å². The molecule has 4 N–H and O–H groups in total. The van der Waals surface area contributed by atoms with Gasteiger partial charge in [-0.15, -0.1) is 11.3 Å². The number of amides is 3. The molecular formula is C29H40N4O7S. The molecule has 0 bridgehead atoms. The minimum Gasteiger partial charge on any atom is -0.481 e. The molecule has 1 aromatic carbocycles. The number of rotatable bonds is 12. The average molecular weight is 589 g/mol. The molecule has 1 aliphatic rings. The molecule has 4 unspecified atom stereocenters. The highest BCUT2D eigenvalue weighted by Crippen LogP contribution is 2.29. The van der Waals surface area contributed by atoms with Crippen LogP contribution in [0.5, 0.6) is 0 Å². The summed E-state index contributed by atoms with van der Waals surface area (Å²) in [4.78, 5) is 57.0. The third-order valence-electron chi connectivity index (χ3n) is 6.99. The number of aromatic nitrogens is 1. The van der Waals surface area contributed by atoms with Crippen LogP contribution in [0.15, 0.2) is 29.8 Å².